The van der Waals surface area contributed by atoms with E-state index >= 15 is 0 Å². The molecule has 20 heavy (non-hydrogen) atoms. The summed E-state index contributed by atoms with van der Waals surface area (Å²) in [6.45, 7) is 2.25. The molecule has 1 heterocycles. The van der Waals surface area contributed by atoms with Gasteiger partial charge in [-0.2, -0.15) is 5.10 Å². The monoisotopic (exact) mass is 294 g/mol. The van der Waals surface area contributed by atoms with Crippen LogP contribution in [0.1, 0.15) is 12.6 Å². The second kappa shape index (κ2) is 7.55. The number of amides is 1. The van der Waals surface area contributed by atoms with Crippen LogP contribution in [-0.4, -0.2) is 22.2 Å². The third-order valence-electron chi connectivity index (χ3n) is 2.74. The summed E-state index contributed by atoms with van der Waals surface area (Å²) in [4.78, 5) is 11.9. The normalized spacial score (nSPS) is 9.70. The van der Waals surface area contributed by atoms with E-state index in [1.165, 1.54) is 0 Å². The number of halogens is 1. The molecule has 0 spiro atoms. The number of carbonyl (C=O) groups excluding carboxylic acids is 1. The van der Waals surface area contributed by atoms with Gasteiger partial charge in [-0.25, -0.2) is 0 Å². The first-order chi connectivity index (χ1) is 9.19. The van der Waals surface area contributed by atoms with Crippen molar-refractivity contribution in [1.82, 2.24) is 9.78 Å². The molecule has 0 aliphatic rings. The minimum absolute atomic E-state index is 0. The molecule has 1 aromatic heterocycles. The first-order valence-corrected chi connectivity index (χ1v) is 6.30. The molecule has 0 atom stereocenters. The first-order valence-electron chi connectivity index (χ1n) is 6.30. The maximum absolute atomic E-state index is 11.9. The van der Waals surface area contributed by atoms with E-state index in [0.717, 1.165) is 23.5 Å². The number of benzene rings is 1. The molecule has 108 valence electrons. The van der Waals surface area contributed by atoms with Gasteiger partial charge in [-0.05, 0) is 18.6 Å². The number of aryl methyl sites for hydroxylation is 2. The van der Waals surface area contributed by atoms with E-state index in [9.17, 15) is 4.79 Å². The first kappa shape index (κ1) is 16.0. The molecule has 2 N–H and O–H groups in total. The molecule has 0 unspecified atom stereocenters. The van der Waals surface area contributed by atoms with E-state index in [0.29, 0.717) is 0 Å². The fourth-order valence-electron chi connectivity index (χ4n) is 1.83. The van der Waals surface area contributed by atoms with E-state index in [2.05, 4.69) is 15.7 Å². The Hall–Kier alpha value is -2.01. The number of carbonyl (C=O) groups is 1. The molecule has 2 rings (SSSR count). The van der Waals surface area contributed by atoms with Crippen LogP contribution < -0.4 is 10.6 Å². The second-order valence-corrected chi connectivity index (χ2v) is 4.28. The van der Waals surface area contributed by atoms with E-state index in [1.807, 2.05) is 50.5 Å². The van der Waals surface area contributed by atoms with Gasteiger partial charge in [0.2, 0.25) is 5.91 Å². The number of aromatic nitrogens is 2. The zero-order chi connectivity index (χ0) is 13.7. The summed E-state index contributed by atoms with van der Waals surface area (Å²) in [7, 11) is 1.84. The molecule has 1 amide bonds. The summed E-state index contributed by atoms with van der Waals surface area (Å²) in [5, 5.41) is 10.2. The fourth-order valence-corrected chi connectivity index (χ4v) is 1.83. The Morgan fingerprint density at radius 2 is 2.00 bits per heavy atom. The Morgan fingerprint density at radius 1 is 1.30 bits per heavy atom. The van der Waals surface area contributed by atoms with Crippen molar-refractivity contribution < 1.29 is 4.79 Å². The van der Waals surface area contributed by atoms with Crippen molar-refractivity contribution in [2.45, 2.75) is 13.3 Å². The summed E-state index contributed by atoms with van der Waals surface area (Å²) in [6.07, 6.45) is 2.61. The number of para-hydroxylation sites is 1. The van der Waals surface area contributed by atoms with Gasteiger partial charge in [0.25, 0.3) is 0 Å². The maximum atomic E-state index is 11.9. The molecule has 0 fully saturated rings. The summed E-state index contributed by atoms with van der Waals surface area (Å²) in [5.74, 6) is -0.0773. The van der Waals surface area contributed by atoms with E-state index in [-0.39, 0.29) is 24.9 Å². The molecular formula is C14H19ClN4O. The third kappa shape index (κ3) is 4.28. The van der Waals surface area contributed by atoms with Gasteiger partial charge in [-0.15, -0.1) is 12.4 Å². The summed E-state index contributed by atoms with van der Waals surface area (Å²) in [5.41, 5.74) is 2.61. The van der Waals surface area contributed by atoms with Gasteiger partial charge in [-0.1, -0.05) is 25.1 Å². The van der Waals surface area contributed by atoms with E-state index < -0.39 is 0 Å². The standard InChI is InChI=1S/C14H18N4O.ClH/c1-3-12-13(10-18(2)17-12)16-14(19)9-15-11-7-5-4-6-8-11;/h4-8,10,15H,3,9H2,1-2H3,(H,16,19);1H. The van der Waals surface area contributed by atoms with Crippen molar-refractivity contribution >= 4 is 29.7 Å². The van der Waals surface area contributed by atoms with E-state index in [1.54, 1.807) is 4.68 Å². The fraction of sp³-hybridized carbons (Fsp3) is 0.286. The molecule has 5 nitrogen and oxygen atoms in total. The highest BCUT2D eigenvalue weighted by molar-refractivity contribution is 5.94. The van der Waals surface area contributed by atoms with Gasteiger partial charge >= 0.3 is 0 Å². The molecule has 0 aliphatic carbocycles. The minimum atomic E-state index is -0.0773. The Labute approximate surface area is 124 Å². The van der Waals surface area contributed by atoms with Crippen LogP contribution >= 0.6 is 12.4 Å². The SMILES string of the molecule is CCc1nn(C)cc1NC(=O)CNc1ccccc1.Cl. The zero-order valence-corrected chi connectivity index (χ0v) is 12.4. The van der Waals surface area contributed by atoms with Crippen LogP contribution in [0.15, 0.2) is 36.5 Å². The maximum Gasteiger partial charge on any atom is 0.243 e. The van der Waals surface area contributed by atoms with Crippen LogP contribution in [-0.2, 0) is 18.3 Å². The van der Waals surface area contributed by atoms with Crippen molar-refractivity contribution in [1.29, 1.82) is 0 Å². The number of anilines is 2. The van der Waals surface area contributed by atoms with Crippen LogP contribution in [0.25, 0.3) is 0 Å². The molecule has 2 aromatic rings. The number of nitrogens with one attached hydrogen (secondary N) is 2. The van der Waals surface area contributed by atoms with Gasteiger partial charge in [0.1, 0.15) is 0 Å². The molecule has 0 saturated carbocycles. The lowest BCUT2D eigenvalue weighted by molar-refractivity contribution is -0.114. The van der Waals surface area contributed by atoms with Gasteiger partial charge < -0.3 is 10.6 Å². The second-order valence-electron chi connectivity index (χ2n) is 4.28. The highest BCUT2D eigenvalue weighted by Gasteiger charge is 2.09. The predicted octanol–water partition coefficient (Wildman–Crippen LogP) is 2.45. The molecule has 0 radical (unpaired) electrons. The van der Waals surface area contributed by atoms with Crippen LogP contribution in [0.5, 0.6) is 0 Å². The Bertz CT molecular complexity index is 554. The smallest absolute Gasteiger partial charge is 0.243 e. The number of hydrogen-bond acceptors (Lipinski definition) is 3. The highest BCUT2D eigenvalue weighted by Crippen LogP contribution is 2.13. The molecular weight excluding hydrogens is 276 g/mol. The summed E-state index contributed by atoms with van der Waals surface area (Å²) in [6, 6.07) is 9.64. The lowest BCUT2D eigenvalue weighted by atomic mass is 10.3. The highest BCUT2D eigenvalue weighted by atomic mass is 35.5. The molecule has 0 aliphatic heterocycles. The van der Waals surface area contributed by atoms with Crippen molar-refractivity contribution in [3.8, 4) is 0 Å². The zero-order valence-electron chi connectivity index (χ0n) is 11.6. The average molecular weight is 295 g/mol. The summed E-state index contributed by atoms with van der Waals surface area (Å²) < 4.78 is 1.71. The van der Waals surface area contributed by atoms with Crippen molar-refractivity contribution in [2.24, 2.45) is 7.05 Å². The molecule has 0 saturated heterocycles. The van der Waals surface area contributed by atoms with Crippen molar-refractivity contribution in [2.75, 3.05) is 17.2 Å². The van der Waals surface area contributed by atoms with Crippen LogP contribution in [0.4, 0.5) is 11.4 Å². The van der Waals surface area contributed by atoms with Gasteiger partial charge in [-0.3, -0.25) is 9.48 Å². The van der Waals surface area contributed by atoms with Crippen molar-refractivity contribution in [3.05, 3.63) is 42.2 Å². The van der Waals surface area contributed by atoms with E-state index in [4.69, 9.17) is 0 Å². The number of rotatable bonds is 5. The Kier molecular flexibility index (Phi) is 6.06. The molecule has 0 bridgehead atoms. The van der Waals surface area contributed by atoms with Gasteiger partial charge in [0.05, 0.1) is 17.9 Å². The van der Waals surface area contributed by atoms with Crippen LogP contribution in [0, 0.1) is 0 Å². The molecule has 6 heteroatoms. The quantitative estimate of drug-likeness (QED) is 0.890. The van der Waals surface area contributed by atoms with Crippen LogP contribution in [0.3, 0.4) is 0 Å². The van der Waals surface area contributed by atoms with Crippen molar-refractivity contribution in [3.63, 3.8) is 0 Å². The lowest BCUT2D eigenvalue weighted by Crippen LogP contribution is -2.22. The van der Waals surface area contributed by atoms with Gasteiger partial charge in [0.15, 0.2) is 0 Å². The summed E-state index contributed by atoms with van der Waals surface area (Å²) >= 11 is 0. The third-order valence-corrected chi connectivity index (χ3v) is 2.74. The Balaban J connectivity index is 0.00000200. The predicted molar refractivity (Wildman–Crippen MR) is 83.4 cm³/mol. The number of nitrogens with zero attached hydrogens (tertiary/aromatic N) is 2. The topological polar surface area (TPSA) is 59.0 Å². The minimum Gasteiger partial charge on any atom is -0.376 e. The van der Waals surface area contributed by atoms with Crippen LogP contribution in [0.2, 0.25) is 0 Å². The molecule has 1 aromatic carbocycles. The Morgan fingerprint density at radius 3 is 2.65 bits per heavy atom. The largest absolute Gasteiger partial charge is 0.376 e. The number of hydrogen-bond donors (Lipinski definition) is 2. The average Bonchev–Trinajstić information content (AvgIpc) is 2.77. The lowest BCUT2D eigenvalue weighted by Gasteiger charge is -2.07. The van der Waals surface area contributed by atoms with Gasteiger partial charge in [0, 0.05) is 18.9 Å².